The number of methoxy groups -OCH3 is 1. The van der Waals surface area contributed by atoms with Gasteiger partial charge >= 0.3 is 5.97 Å². The number of aryl methyl sites for hydroxylation is 1. The average molecular weight is 276 g/mol. The van der Waals surface area contributed by atoms with Gasteiger partial charge < -0.3 is 9.84 Å². The summed E-state index contributed by atoms with van der Waals surface area (Å²) in [7, 11) is 1.67. The molecule has 1 aromatic carbocycles. The normalized spacial score (nSPS) is 17.6. The van der Waals surface area contributed by atoms with E-state index >= 15 is 0 Å². The topological polar surface area (TPSA) is 46.5 Å². The van der Waals surface area contributed by atoms with Crippen molar-refractivity contribution >= 4 is 5.97 Å². The van der Waals surface area contributed by atoms with Crippen LogP contribution in [-0.2, 0) is 11.2 Å². The maximum absolute atomic E-state index is 11.2. The molecule has 0 radical (unpaired) electrons. The summed E-state index contributed by atoms with van der Waals surface area (Å²) < 4.78 is 5.16. The van der Waals surface area contributed by atoms with Crippen LogP contribution in [0.2, 0.25) is 0 Å². The second kappa shape index (κ2) is 6.78. The monoisotopic (exact) mass is 276 g/mol. The molecule has 2 rings (SSSR count). The number of benzene rings is 1. The molecule has 0 heterocycles. The van der Waals surface area contributed by atoms with Gasteiger partial charge in [0.1, 0.15) is 5.75 Å². The minimum Gasteiger partial charge on any atom is -0.497 e. The van der Waals surface area contributed by atoms with Crippen LogP contribution >= 0.6 is 0 Å². The molecular weight excluding hydrogens is 252 g/mol. The van der Waals surface area contributed by atoms with Crippen LogP contribution < -0.4 is 4.74 Å². The van der Waals surface area contributed by atoms with Crippen LogP contribution in [0.3, 0.4) is 0 Å². The van der Waals surface area contributed by atoms with Crippen molar-refractivity contribution in [2.45, 2.75) is 51.4 Å². The summed E-state index contributed by atoms with van der Waals surface area (Å²) in [6, 6.07) is 8.10. The van der Waals surface area contributed by atoms with E-state index in [0.717, 1.165) is 31.4 Å². The third-order valence-corrected chi connectivity index (χ3v) is 4.54. The molecule has 20 heavy (non-hydrogen) atoms. The van der Waals surface area contributed by atoms with E-state index in [-0.39, 0.29) is 5.41 Å². The highest BCUT2D eigenvalue weighted by Gasteiger charge is 2.33. The van der Waals surface area contributed by atoms with Gasteiger partial charge in [0, 0.05) is 0 Å². The quantitative estimate of drug-likeness (QED) is 0.852. The molecule has 3 heteroatoms. The Morgan fingerprint density at radius 3 is 2.40 bits per heavy atom. The van der Waals surface area contributed by atoms with E-state index in [4.69, 9.17) is 4.74 Å². The zero-order valence-corrected chi connectivity index (χ0v) is 12.2. The van der Waals surface area contributed by atoms with Crippen LogP contribution in [-0.4, -0.2) is 18.2 Å². The highest BCUT2D eigenvalue weighted by Crippen LogP contribution is 2.43. The molecule has 1 aliphatic rings. The van der Waals surface area contributed by atoms with Crippen LogP contribution in [0.1, 0.15) is 50.5 Å². The summed E-state index contributed by atoms with van der Waals surface area (Å²) in [5.74, 6) is 0.216. The number of hydrogen-bond acceptors (Lipinski definition) is 2. The SMILES string of the molecule is COc1ccc(CCC2(CC(=O)O)CCCCC2)cc1. The number of aliphatic carboxylic acids is 1. The molecule has 1 fully saturated rings. The van der Waals surface area contributed by atoms with Crippen molar-refractivity contribution < 1.29 is 14.6 Å². The van der Waals surface area contributed by atoms with Gasteiger partial charge in [-0.1, -0.05) is 31.4 Å². The summed E-state index contributed by atoms with van der Waals surface area (Å²) in [5.41, 5.74) is 1.28. The third kappa shape index (κ3) is 3.99. The van der Waals surface area contributed by atoms with Crippen molar-refractivity contribution in [1.29, 1.82) is 0 Å². The molecule has 0 atom stereocenters. The number of carbonyl (C=O) groups is 1. The largest absolute Gasteiger partial charge is 0.497 e. The fourth-order valence-corrected chi connectivity index (χ4v) is 3.34. The molecule has 1 N–H and O–H groups in total. The molecule has 1 aromatic rings. The van der Waals surface area contributed by atoms with Gasteiger partial charge in [-0.25, -0.2) is 0 Å². The summed E-state index contributed by atoms with van der Waals surface area (Å²) >= 11 is 0. The summed E-state index contributed by atoms with van der Waals surface area (Å²) in [6.07, 6.45) is 7.99. The Labute approximate surface area is 121 Å². The fraction of sp³-hybridized carbons (Fsp3) is 0.588. The maximum Gasteiger partial charge on any atom is 0.303 e. The van der Waals surface area contributed by atoms with Crippen molar-refractivity contribution in [3.8, 4) is 5.75 Å². The number of carboxylic acids is 1. The van der Waals surface area contributed by atoms with Gasteiger partial charge in [-0.05, 0) is 48.8 Å². The average Bonchev–Trinajstić information content (AvgIpc) is 2.46. The van der Waals surface area contributed by atoms with E-state index in [1.807, 2.05) is 12.1 Å². The minimum atomic E-state index is -0.651. The first-order valence-electron chi connectivity index (χ1n) is 7.48. The highest BCUT2D eigenvalue weighted by molar-refractivity contribution is 5.67. The molecule has 0 aliphatic heterocycles. The Morgan fingerprint density at radius 1 is 1.20 bits per heavy atom. The Kier molecular flexibility index (Phi) is 5.05. The predicted molar refractivity (Wildman–Crippen MR) is 79.1 cm³/mol. The van der Waals surface area contributed by atoms with Crippen LogP contribution in [0, 0.1) is 5.41 Å². The summed E-state index contributed by atoms with van der Waals surface area (Å²) in [6.45, 7) is 0. The number of hydrogen-bond donors (Lipinski definition) is 1. The minimum absolute atomic E-state index is 0.0179. The smallest absolute Gasteiger partial charge is 0.303 e. The Morgan fingerprint density at radius 2 is 1.85 bits per heavy atom. The Balaban J connectivity index is 1.98. The van der Waals surface area contributed by atoms with Gasteiger partial charge in [0.25, 0.3) is 0 Å². The molecule has 0 unspecified atom stereocenters. The van der Waals surface area contributed by atoms with Crippen molar-refractivity contribution in [3.63, 3.8) is 0 Å². The molecule has 110 valence electrons. The Bertz CT molecular complexity index is 430. The first kappa shape index (κ1) is 14.9. The molecule has 0 aromatic heterocycles. The van der Waals surface area contributed by atoms with E-state index < -0.39 is 5.97 Å². The van der Waals surface area contributed by atoms with Gasteiger partial charge in [-0.2, -0.15) is 0 Å². The molecular formula is C17H24O3. The maximum atomic E-state index is 11.2. The van der Waals surface area contributed by atoms with E-state index in [2.05, 4.69) is 12.1 Å². The van der Waals surface area contributed by atoms with Crippen LogP contribution in [0.15, 0.2) is 24.3 Å². The molecule has 0 saturated heterocycles. The molecule has 0 bridgehead atoms. The second-order valence-corrected chi connectivity index (χ2v) is 5.98. The first-order chi connectivity index (χ1) is 9.63. The lowest BCUT2D eigenvalue weighted by Crippen LogP contribution is -2.28. The molecule has 1 saturated carbocycles. The van der Waals surface area contributed by atoms with Crippen LogP contribution in [0.5, 0.6) is 5.75 Å². The molecule has 0 spiro atoms. The van der Waals surface area contributed by atoms with Gasteiger partial charge in [0.15, 0.2) is 0 Å². The predicted octanol–water partition coefficient (Wildman–Crippen LogP) is 4.05. The Hall–Kier alpha value is -1.51. The zero-order chi connectivity index (χ0) is 14.4. The van der Waals surface area contributed by atoms with Crippen LogP contribution in [0.4, 0.5) is 0 Å². The summed E-state index contributed by atoms with van der Waals surface area (Å²) in [5, 5.41) is 9.18. The van der Waals surface area contributed by atoms with Crippen molar-refractivity contribution in [3.05, 3.63) is 29.8 Å². The fourth-order valence-electron chi connectivity index (χ4n) is 3.34. The van der Waals surface area contributed by atoms with Gasteiger partial charge in [0.2, 0.25) is 0 Å². The first-order valence-corrected chi connectivity index (χ1v) is 7.48. The van der Waals surface area contributed by atoms with Crippen molar-refractivity contribution in [2.24, 2.45) is 5.41 Å². The lowest BCUT2D eigenvalue weighted by Gasteiger charge is -2.36. The number of rotatable bonds is 6. The van der Waals surface area contributed by atoms with Gasteiger partial charge in [0.05, 0.1) is 13.5 Å². The number of ether oxygens (including phenoxy) is 1. The third-order valence-electron chi connectivity index (χ3n) is 4.54. The van der Waals surface area contributed by atoms with Crippen molar-refractivity contribution in [2.75, 3.05) is 7.11 Å². The molecule has 3 nitrogen and oxygen atoms in total. The van der Waals surface area contributed by atoms with E-state index in [0.29, 0.717) is 6.42 Å². The number of carboxylic acid groups (broad SMARTS) is 1. The van der Waals surface area contributed by atoms with E-state index in [1.165, 1.54) is 24.8 Å². The lowest BCUT2D eigenvalue weighted by atomic mass is 9.68. The standard InChI is InChI=1S/C17H24O3/c1-20-15-7-5-14(6-8-15)9-12-17(13-16(18)19)10-3-2-4-11-17/h5-8H,2-4,9-13H2,1H3,(H,18,19). The van der Waals surface area contributed by atoms with E-state index in [9.17, 15) is 9.90 Å². The zero-order valence-electron chi connectivity index (χ0n) is 12.2. The summed E-state index contributed by atoms with van der Waals surface area (Å²) in [4.78, 5) is 11.2. The lowest BCUT2D eigenvalue weighted by molar-refractivity contribution is -0.140. The second-order valence-electron chi connectivity index (χ2n) is 5.98. The highest BCUT2D eigenvalue weighted by atomic mass is 16.5. The van der Waals surface area contributed by atoms with E-state index in [1.54, 1.807) is 7.11 Å². The van der Waals surface area contributed by atoms with Crippen molar-refractivity contribution in [1.82, 2.24) is 0 Å². The van der Waals surface area contributed by atoms with Gasteiger partial charge in [-0.3, -0.25) is 4.79 Å². The van der Waals surface area contributed by atoms with Gasteiger partial charge in [-0.15, -0.1) is 0 Å². The molecule has 0 amide bonds. The van der Waals surface area contributed by atoms with Crippen LogP contribution in [0.25, 0.3) is 0 Å². The molecule has 1 aliphatic carbocycles.